The van der Waals surface area contributed by atoms with Gasteiger partial charge in [-0.15, -0.1) is 0 Å². The summed E-state index contributed by atoms with van der Waals surface area (Å²) in [6.45, 7) is 2.06. The van der Waals surface area contributed by atoms with Gasteiger partial charge in [0.25, 0.3) is 5.71 Å². The van der Waals surface area contributed by atoms with Crippen molar-refractivity contribution in [1.29, 1.82) is 0 Å². The zero-order valence-corrected chi connectivity index (χ0v) is 15.8. The van der Waals surface area contributed by atoms with E-state index in [4.69, 9.17) is 9.26 Å². The van der Waals surface area contributed by atoms with Crippen molar-refractivity contribution >= 4 is 34.6 Å². The summed E-state index contributed by atoms with van der Waals surface area (Å²) in [6.07, 6.45) is 3.88. The van der Waals surface area contributed by atoms with Crippen molar-refractivity contribution in [2.45, 2.75) is 19.4 Å². The fraction of sp³-hybridized carbons (Fsp3) is 0.333. The molecule has 0 fully saturated rings. The van der Waals surface area contributed by atoms with Crippen molar-refractivity contribution in [3.8, 4) is 11.3 Å². The van der Waals surface area contributed by atoms with Crippen molar-refractivity contribution in [3.63, 3.8) is 0 Å². The standard InChI is InChI=1S/C18H19FN4O3S/c1-3-25-18(24)13(8-9-27-2)22-16-14-15(11-4-6-12(19)7-5-11)23-26-17(14)21-10-20-16/h4-7,10,13H,3,8-9H2,1-2H3,(H,20,21,22). The third-order valence-electron chi connectivity index (χ3n) is 3.88. The zero-order chi connectivity index (χ0) is 19.2. The fourth-order valence-electron chi connectivity index (χ4n) is 2.59. The van der Waals surface area contributed by atoms with E-state index in [1.807, 2.05) is 6.26 Å². The van der Waals surface area contributed by atoms with Crippen LogP contribution in [0.15, 0.2) is 35.1 Å². The maximum absolute atomic E-state index is 13.2. The summed E-state index contributed by atoms with van der Waals surface area (Å²) < 4.78 is 23.7. The van der Waals surface area contributed by atoms with Gasteiger partial charge in [0, 0.05) is 5.56 Å². The van der Waals surface area contributed by atoms with E-state index in [9.17, 15) is 9.18 Å². The van der Waals surface area contributed by atoms with Crippen LogP contribution in [-0.2, 0) is 9.53 Å². The highest BCUT2D eigenvalue weighted by Gasteiger charge is 2.23. The van der Waals surface area contributed by atoms with Crippen LogP contribution >= 0.6 is 11.8 Å². The first kappa shape index (κ1) is 19.1. The third kappa shape index (κ3) is 4.36. The van der Waals surface area contributed by atoms with Crippen LogP contribution in [0.3, 0.4) is 0 Å². The van der Waals surface area contributed by atoms with E-state index in [1.165, 1.54) is 18.5 Å². The molecule has 1 atom stereocenters. The first-order valence-corrected chi connectivity index (χ1v) is 9.81. The molecule has 9 heteroatoms. The van der Waals surface area contributed by atoms with Crippen LogP contribution in [-0.4, -0.2) is 45.8 Å². The van der Waals surface area contributed by atoms with Crippen molar-refractivity contribution in [3.05, 3.63) is 36.4 Å². The van der Waals surface area contributed by atoms with Crippen LogP contribution in [0.5, 0.6) is 0 Å². The minimum atomic E-state index is -0.563. The number of benzene rings is 1. The molecule has 7 nitrogen and oxygen atoms in total. The summed E-state index contributed by atoms with van der Waals surface area (Å²) >= 11 is 1.64. The number of anilines is 1. The maximum Gasteiger partial charge on any atom is 0.328 e. The number of rotatable bonds is 8. The number of hydrogen-bond donors (Lipinski definition) is 1. The van der Waals surface area contributed by atoms with E-state index >= 15 is 0 Å². The number of carbonyl (C=O) groups excluding carboxylic acids is 1. The highest BCUT2D eigenvalue weighted by Crippen LogP contribution is 2.31. The molecule has 1 aromatic carbocycles. The summed E-state index contributed by atoms with van der Waals surface area (Å²) in [6, 6.07) is 5.31. The van der Waals surface area contributed by atoms with Crippen molar-refractivity contribution < 1.29 is 18.4 Å². The van der Waals surface area contributed by atoms with Gasteiger partial charge in [-0.1, -0.05) is 5.16 Å². The number of hydrogen-bond acceptors (Lipinski definition) is 8. The predicted molar refractivity (Wildman–Crippen MR) is 102 cm³/mol. The quantitative estimate of drug-likeness (QED) is 0.584. The number of esters is 1. The maximum atomic E-state index is 13.2. The van der Waals surface area contributed by atoms with E-state index in [0.717, 1.165) is 5.75 Å². The lowest BCUT2D eigenvalue weighted by molar-refractivity contribution is -0.144. The Hall–Kier alpha value is -2.68. The monoisotopic (exact) mass is 390 g/mol. The van der Waals surface area contributed by atoms with Crippen molar-refractivity contribution in [1.82, 2.24) is 15.1 Å². The van der Waals surface area contributed by atoms with Gasteiger partial charge in [0.15, 0.2) is 0 Å². The second-order valence-corrected chi connectivity index (χ2v) is 6.66. The van der Waals surface area contributed by atoms with Gasteiger partial charge < -0.3 is 14.6 Å². The van der Waals surface area contributed by atoms with Crippen LogP contribution in [0.1, 0.15) is 13.3 Å². The fourth-order valence-corrected chi connectivity index (χ4v) is 3.06. The highest BCUT2D eigenvalue weighted by atomic mass is 32.2. The molecule has 0 saturated carbocycles. The molecule has 3 aromatic rings. The van der Waals surface area contributed by atoms with Gasteiger partial charge in [0.1, 0.15) is 35.1 Å². The normalized spacial score (nSPS) is 12.1. The molecule has 2 aromatic heterocycles. The molecule has 0 aliphatic heterocycles. The van der Waals surface area contributed by atoms with E-state index in [-0.39, 0.29) is 17.5 Å². The number of nitrogens with zero attached hydrogens (tertiary/aromatic N) is 3. The number of nitrogens with one attached hydrogen (secondary N) is 1. The Kier molecular flexibility index (Phi) is 6.23. The molecule has 1 N–H and O–H groups in total. The Balaban J connectivity index is 1.99. The molecule has 0 amide bonds. The highest BCUT2D eigenvalue weighted by molar-refractivity contribution is 7.98. The van der Waals surface area contributed by atoms with E-state index < -0.39 is 6.04 Å². The number of ether oxygens (including phenoxy) is 1. The molecule has 0 radical (unpaired) electrons. The second-order valence-electron chi connectivity index (χ2n) is 5.67. The summed E-state index contributed by atoms with van der Waals surface area (Å²) in [5, 5.41) is 7.71. The number of carbonyl (C=O) groups is 1. The molecular weight excluding hydrogens is 371 g/mol. The summed E-state index contributed by atoms with van der Waals surface area (Å²) in [5.74, 6) is 0.498. The lowest BCUT2D eigenvalue weighted by Gasteiger charge is -2.17. The van der Waals surface area contributed by atoms with E-state index in [2.05, 4.69) is 20.4 Å². The number of thioether (sulfide) groups is 1. The molecule has 0 aliphatic carbocycles. The second kappa shape index (κ2) is 8.81. The molecule has 0 aliphatic rings. The molecule has 1 unspecified atom stereocenters. The van der Waals surface area contributed by atoms with Crippen LogP contribution in [0.2, 0.25) is 0 Å². The van der Waals surface area contributed by atoms with Gasteiger partial charge in [-0.25, -0.2) is 14.2 Å². The Morgan fingerprint density at radius 2 is 2.11 bits per heavy atom. The minimum absolute atomic E-state index is 0.277. The minimum Gasteiger partial charge on any atom is -0.464 e. The predicted octanol–water partition coefficient (Wildman–Crippen LogP) is 3.52. The largest absolute Gasteiger partial charge is 0.464 e. The lowest BCUT2D eigenvalue weighted by atomic mass is 10.1. The van der Waals surface area contributed by atoms with E-state index in [0.29, 0.717) is 35.5 Å². The topological polar surface area (TPSA) is 90.1 Å². The van der Waals surface area contributed by atoms with Gasteiger partial charge in [0.2, 0.25) is 0 Å². The first-order valence-electron chi connectivity index (χ1n) is 8.42. The Bertz CT molecular complexity index is 917. The van der Waals surface area contributed by atoms with Crippen LogP contribution in [0, 0.1) is 5.82 Å². The van der Waals surface area contributed by atoms with Gasteiger partial charge in [-0.3, -0.25) is 0 Å². The summed E-state index contributed by atoms with van der Waals surface area (Å²) in [7, 11) is 0. The zero-order valence-electron chi connectivity index (χ0n) is 14.9. The molecule has 3 rings (SSSR count). The lowest BCUT2D eigenvalue weighted by Crippen LogP contribution is -2.32. The molecule has 0 saturated heterocycles. The molecule has 0 spiro atoms. The van der Waals surface area contributed by atoms with Crippen LogP contribution in [0.25, 0.3) is 22.4 Å². The third-order valence-corrected chi connectivity index (χ3v) is 4.53. The molecular formula is C18H19FN4O3S. The summed E-state index contributed by atoms with van der Waals surface area (Å²) in [4.78, 5) is 20.6. The Morgan fingerprint density at radius 3 is 2.81 bits per heavy atom. The molecule has 142 valence electrons. The average molecular weight is 390 g/mol. The van der Waals surface area contributed by atoms with Crippen LogP contribution < -0.4 is 5.32 Å². The average Bonchev–Trinajstić information content (AvgIpc) is 3.11. The first-order chi connectivity index (χ1) is 13.1. The Morgan fingerprint density at radius 1 is 1.33 bits per heavy atom. The summed E-state index contributed by atoms with van der Waals surface area (Å²) in [5.41, 5.74) is 1.41. The van der Waals surface area contributed by atoms with Gasteiger partial charge in [0.05, 0.1) is 6.61 Å². The smallest absolute Gasteiger partial charge is 0.328 e. The van der Waals surface area contributed by atoms with Crippen molar-refractivity contribution in [2.75, 3.05) is 23.9 Å². The van der Waals surface area contributed by atoms with Crippen molar-refractivity contribution in [2.24, 2.45) is 0 Å². The molecule has 2 heterocycles. The number of aromatic nitrogens is 3. The SMILES string of the molecule is CCOC(=O)C(CCSC)Nc1ncnc2onc(-c3ccc(F)cc3)c12. The van der Waals surface area contributed by atoms with Gasteiger partial charge >= 0.3 is 5.97 Å². The van der Waals surface area contributed by atoms with Gasteiger partial charge in [-0.05, 0) is 49.6 Å². The Labute approximate surface area is 159 Å². The number of halogens is 1. The molecule has 27 heavy (non-hydrogen) atoms. The van der Waals surface area contributed by atoms with Gasteiger partial charge in [-0.2, -0.15) is 16.7 Å². The number of fused-ring (bicyclic) bond motifs is 1. The van der Waals surface area contributed by atoms with Crippen LogP contribution in [0.4, 0.5) is 10.2 Å². The van der Waals surface area contributed by atoms with E-state index in [1.54, 1.807) is 30.8 Å². The molecule has 0 bridgehead atoms.